The molecule has 1 N–H and O–H groups in total. The predicted molar refractivity (Wildman–Crippen MR) is 50.6 cm³/mol. The van der Waals surface area contributed by atoms with Crippen molar-refractivity contribution < 1.29 is 13.2 Å². The van der Waals surface area contributed by atoms with E-state index in [1.54, 1.807) is 4.68 Å². The summed E-state index contributed by atoms with van der Waals surface area (Å²) >= 11 is 0. The van der Waals surface area contributed by atoms with Crippen molar-refractivity contribution in [1.29, 1.82) is 0 Å². The molecular weight excluding hydrogens is 221 g/mol. The molecule has 4 nitrogen and oxygen atoms in total. The Kier molecular flexibility index (Phi) is 2.65. The maximum atomic E-state index is 12.6. The van der Waals surface area contributed by atoms with E-state index in [1.165, 1.54) is 6.33 Å². The molecule has 1 saturated carbocycles. The van der Waals surface area contributed by atoms with Crippen LogP contribution >= 0.6 is 0 Å². The average Bonchev–Trinajstić information content (AvgIpc) is 2.88. The summed E-state index contributed by atoms with van der Waals surface area (Å²) in [6, 6.07) is 0. The van der Waals surface area contributed by atoms with Gasteiger partial charge in [0.25, 0.3) is 0 Å². The van der Waals surface area contributed by atoms with E-state index in [0.717, 1.165) is 0 Å². The van der Waals surface area contributed by atoms with Crippen LogP contribution in [0, 0.1) is 0 Å². The lowest BCUT2D eigenvalue weighted by Gasteiger charge is -2.20. The van der Waals surface area contributed by atoms with Crippen molar-refractivity contribution >= 4 is 0 Å². The molecule has 1 heterocycles. The van der Waals surface area contributed by atoms with Gasteiger partial charge in [-0.1, -0.05) is 0 Å². The van der Waals surface area contributed by atoms with Gasteiger partial charge in [0.05, 0.1) is 6.54 Å². The van der Waals surface area contributed by atoms with Gasteiger partial charge in [-0.3, -0.25) is 5.32 Å². The molecule has 0 spiro atoms. The predicted octanol–water partition coefficient (Wildman–Crippen LogP) is 1.48. The van der Waals surface area contributed by atoms with Crippen molar-refractivity contribution in [2.75, 3.05) is 0 Å². The largest absolute Gasteiger partial charge is 0.406 e. The number of nitrogens with zero attached hydrogens (tertiary/aromatic N) is 3. The van der Waals surface area contributed by atoms with Crippen LogP contribution in [-0.2, 0) is 13.1 Å². The molecule has 0 amide bonds. The molecule has 1 aliphatic carbocycles. The molecule has 1 aromatic heterocycles. The fourth-order valence-corrected chi connectivity index (χ4v) is 1.62. The minimum atomic E-state index is -4.18. The van der Waals surface area contributed by atoms with Gasteiger partial charge in [0, 0.05) is 6.54 Å². The van der Waals surface area contributed by atoms with Crippen LogP contribution in [0.25, 0.3) is 0 Å². The number of hydrogen-bond acceptors (Lipinski definition) is 3. The van der Waals surface area contributed by atoms with Crippen molar-refractivity contribution in [3.63, 3.8) is 0 Å². The summed E-state index contributed by atoms with van der Waals surface area (Å²) in [6.07, 6.45) is -2.52. The third-order valence-electron chi connectivity index (χ3n) is 2.87. The third-order valence-corrected chi connectivity index (χ3v) is 2.87. The molecule has 0 aromatic carbocycles. The van der Waals surface area contributed by atoms with E-state index < -0.39 is 11.7 Å². The smallest absolute Gasteiger partial charge is 0.296 e. The third kappa shape index (κ3) is 1.91. The second-order valence-electron chi connectivity index (χ2n) is 3.93. The Bertz CT molecular complexity index is 367. The van der Waals surface area contributed by atoms with Gasteiger partial charge in [-0.25, -0.2) is 9.67 Å². The average molecular weight is 234 g/mol. The monoisotopic (exact) mass is 234 g/mol. The summed E-state index contributed by atoms with van der Waals surface area (Å²) in [5.41, 5.74) is -1.68. The van der Waals surface area contributed by atoms with Crippen molar-refractivity contribution in [3.05, 3.63) is 12.2 Å². The zero-order valence-corrected chi connectivity index (χ0v) is 8.88. The van der Waals surface area contributed by atoms with Gasteiger partial charge in [0.1, 0.15) is 17.7 Å². The summed E-state index contributed by atoms with van der Waals surface area (Å²) in [6.45, 7) is 2.58. The molecule has 0 saturated heterocycles. The molecule has 1 aromatic rings. The van der Waals surface area contributed by atoms with Gasteiger partial charge >= 0.3 is 6.18 Å². The van der Waals surface area contributed by atoms with Gasteiger partial charge in [-0.05, 0) is 19.8 Å². The van der Waals surface area contributed by atoms with Gasteiger partial charge in [0.15, 0.2) is 0 Å². The van der Waals surface area contributed by atoms with Gasteiger partial charge in [-0.15, -0.1) is 0 Å². The number of nitrogens with one attached hydrogen (secondary N) is 1. The van der Waals surface area contributed by atoms with E-state index in [2.05, 4.69) is 15.4 Å². The summed E-state index contributed by atoms with van der Waals surface area (Å²) < 4.78 is 39.4. The van der Waals surface area contributed by atoms with E-state index in [4.69, 9.17) is 0 Å². The molecule has 16 heavy (non-hydrogen) atoms. The Morgan fingerprint density at radius 1 is 1.50 bits per heavy atom. The lowest BCUT2D eigenvalue weighted by atomic mass is 10.2. The first-order valence-corrected chi connectivity index (χ1v) is 5.17. The Labute approximate surface area is 90.9 Å². The van der Waals surface area contributed by atoms with Crippen LogP contribution < -0.4 is 5.32 Å². The van der Waals surface area contributed by atoms with E-state index in [-0.39, 0.29) is 19.4 Å². The Morgan fingerprint density at radius 3 is 2.69 bits per heavy atom. The van der Waals surface area contributed by atoms with Crippen LogP contribution in [0.3, 0.4) is 0 Å². The molecule has 0 aliphatic heterocycles. The van der Waals surface area contributed by atoms with E-state index in [0.29, 0.717) is 12.4 Å². The van der Waals surface area contributed by atoms with Crippen molar-refractivity contribution in [1.82, 2.24) is 20.1 Å². The van der Waals surface area contributed by atoms with E-state index in [1.807, 2.05) is 6.92 Å². The molecule has 2 rings (SSSR count). The first-order chi connectivity index (χ1) is 7.48. The van der Waals surface area contributed by atoms with Crippen LogP contribution in [-0.4, -0.2) is 26.5 Å². The summed E-state index contributed by atoms with van der Waals surface area (Å²) in [4.78, 5) is 3.92. The lowest BCUT2D eigenvalue weighted by Crippen LogP contribution is -2.44. The maximum absolute atomic E-state index is 12.6. The molecular formula is C9H13F3N4. The van der Waals surface area contributed by atoms with Crippen LogP contribution in [0.2, 0.25) is 0 Å². The quantitative estimate of drug-likeness (QED) is 0.858. The van der Waals surface area contributed by atoms with Crippen LogP contribution in [0.4, 0.5) is 13.2 Å². The molecule has 0 atom stereocenters. The van der Waals surface area contributed by atoms with E-state index >= 15 is 0 Å². The second kappa shape index (κ2) is 3.73. The van der Waals surface area contributed by atoms with Gasteiger partial charge in [0.2, 0.25) is 0 Å². The zero-order valence-electron chi connectivity index (χ0n) is 8.88. The topological polar surface area (TPSA) is 42.7 Å². The Balaban J connectivity index is 1.98. The number of rotatable bonds is 4. The van der Waals surface area contributed by atoms with Gasteiger partial charge in [-0.2, -0.15) is 18.3 Å². The summed E-state index contributed by atoms with van der Waals surface area (Å²) in [5.74, 6) is 0.540. The molecule has 7 heteroatoms. The normalized spacial score (nSPS) is 18.8. The minimum absolute atomic E-state index is 0.105. The fraction of sp³-hybridized carbons (Fsp3) is 0.778. The highest BCUT2D eigenvalue weighted by molar-refractivity contribution is 5.08. The first kappa shape index (κ1) is 11.4. The molecule has 1 fully saturated rings. The molecule has 1 aliphatic rings. The van der Waals surface area contributed by atoms with Crippen LogP contribution in [0.15, 0.2) is 6.33 Å². The van der Waals surface area contributed by atoms with Crippen molar-refractivity contribution in [2.45, 2.75) is 44.6 Å². The van der Waals surface area contributed by atoms with Crippen LogP contribution in [0.5, 0.6) is 0 Å². The molecule has 90 valence electrons. The zero-order chi connectivity index (χ0) is 11.8. The van der Waals surface area contributed by atoms with Gasteiger partial charge < -0.3 is 0 Å². The first-order valence-electron chi connectivity index (χ1n) is 5.17. The van der Waals surface area contributed by atoms with Crippen LogP contribution in [0.1, 0.15) is 25.6 Å². The minimum Gasteiger partial charge on any atom is -0.296 e. The highest BCUT2D eigenvalue weighted by Crippen LogP contribution is 2.48. The van der Waals surface area contributed by atoms with Crippen molar-refractivity contribution in [2.24, 2.45) is 0 Å². The van der Waals surface area contributed by atoms with Crippen molar-refractivity contribution in [3.8, 4) is 0 Å². The number of aryl methyl sites for hydroxylation is 1. The Hall–Kier alpha value is -1.11. The number of halogens is 3. The number of aromatic nitrogens is 3. The summed E-state index contributed by atoms with van der Waals surface area (Å²) in [7, 11) is 0. The second-order valence-corrected chi connectivity index (χ2v) is 3.93. The lowest BCUT2D eigenvalue weighted by molar-refractivity contribution is -0.166. The molecule has 0 unspecified atom stereocenters. The Morgan fingerprint density at radius 2 is 2.19 bits per heavy atom. The van der Waals surface area contributed by atoms with E-state index in [9.17, 15) is 13.2 Å². The fourth-order valence-electron chi connectivity index (χ4n) is 1.62. The standard InChI is InChI=1S/C9H13F3N4/c1-2-16-7(13-6-15-16)5-14-8(3-4-8)9(10,11)12/h6,14H,2-5H2,1H3. The summed E-state index contributed by atoms with van der Waals surface area (Å²) in [5, 5.41) is 6.44. The SMILES string of the molecule is CCn1ncnc1CNC1(C(F)(F)F)CC1. The molecule has 0 radical (unpaired) electrons. The number of hydrogen-bond donors (Lipinski definition) is 1. The highest BCUT2D eigenvalue weighted by Gasteiger charge is 2.63. The number of alkyl halides is 3. The highest BCUT2D eigenvalue weighted by atomic mass is 19.4. The molecule has 0 bridgehead atoms. The maximum Gasteiger partial charge on any atom is 0.406 e.